The summed E-state index contributed by atoms with van der Waals surface area (Å²) in [4.78, 5) is 10.3. The second-order valence-corrected chi connectivity index (χ2v) is 8.31. The van der Waals surface area contributed by atoms with Crippen LogP contribution in [0.3, 0.4) is 0 Å². The van der Waals surface area contributed by atoms with Gasteiger partial charge in [0.2, 0.25) is 0 Å². The largest absolute Gasteiger partial charge is 0.378 e. The summed E-state index contributed by atoms with van der Waals surface area (Å²) in [5, 5.41) is 7.90. The van der Waals surface area contributed by atoms with E-state index >= 15 is 0 Å². The molecule has 0 saturated heterocycles. The lowest BCUT2D eigenvalue weighted by Gasteiger charge is -2.21. The molecule has 1 heterocycles. The number of ether oxygens (including phenoxy) is 1. The third-order valence-electron chi connectivity index (χ3n) is 4.62. The molecule has 1 aromatic heterocycles. The average molecular weight is 509 g/mol. The van der Waals surface area contributed by atoms with Crippen LogP contribution in [0, 0.1) is 6.92 Å². The van der Waals surface area contributed by atoms with Crippen molar-refractivity contribution in [2.45, 2.75) is 77.7 Å². The first-order valence-electron chi connectivity index (χ1n) is 10.3. The molecule has 1 aliphatic carbocycles. The van der Waals surface area contributed by atoms with Crippen molar-refractivity contribution in [3.63, 3.8) is 0 Å². The van der Waals surface area contributed by atoms with Crippen LogP contribution in [0.2, 0.25) is 0 Å². The summed E-state index contributed by atoms with van der Waals surface area (Å²) in [6.07, 6.45) is 13.5. The summed E-state index contributed by atoms with van der Waals surface area (Å²) in [6, 6.07) is 0. The predicted molar refractivity (Wildman–Crippen MR) is 127 cm³/mol. The Morgan fingerprint density at radius 3 is 2.74 bits per heavy atom. The third-order valence-corrected chi connectivity index (χ3v) is 5.60. The van der Waals surface area contributed by atoms with E-state index in [-0.39, 0.29) is 24.0 Å². The first-order valence-corrected chi connectivity index (χ1v) is 11.1. The van der Waals surface area contributed by atoms with Gasteiger partial charge in [-0.1, -0.05) is 19.3 Å². The van der Waals surface area contributed by atoms with Crippen molar-refractivity contribution in [2.24, 2.45) is 4.99 Å². The van der Waals surface area contributed by atoms with E-state index in [9.17, 15) is 0 Å². The Kier molecular flexibility index (Phi) is 14.1. The Bertz CT molecular complexity index is 518. The van der Waals surface area contributed by atoms with E-state index in [0.717, 1.165) is 51.5 Å². The van der Waals surface area contributed by atoms with Gasteiger partial charge >= 0.3 is 0 Å². The van der Waals surface area contributed by atoms with Gasteiger partial charge in [-0.15, -0.1) is 35.3 Å². The quantitative estimate of drug-likeness (QED) is 0.197. The van der Waals surface area contributed by atoms with Crippen LogP contribution in [0.4, 0.5) is 0 Å². The maximum atomic E-state index is 5.98. The van der Waals surface area contributed by atoms with Crippen molar-refractivity contribution in [2.75, 3.05) is 26.2 Å². The molecular weight excluding hydrogens is 471 g/mol. The number of hydrogen-bond donors (Lipinski definition) is 2. The van der Waals surface area contributed by atoms with Gasteiger partial charge in [0.15, 0.2) is 5.96 Å². The monoisotopic (exact) mass is 508 g/mol. The topological polar surface area (TPSA) is 58.5 Å². The molecule has 0 aliphatic heterocycles. The van der Waals surface area contributed by atoms with E-state index in [0.29, 0.717) is 6.10 Å². The van der Waals surface area contributed by atoms with Gasteiger partial charge in [-0.2, -0.15) is 0 Å². The van der Waals surface area contributed by atoms with E-state index in [2.05, 4.69) is 34.5 Å². The Morgan fingerprint density at radius 1 is 1.22 bits per heavy atom. The number of aryl methyl sites for hydroxylation is 1. The first-order chi connectivity index (χ1) is 12.8. The van der Waals surface area contributed by atoms with Crippen LogP contribution in [0.1, 0.15) is 68.2 Å². The van der Waals surface area contributed by atoms with Gasteiger partial charge in [0, 0.05) is 43.7 Å². The summed E-state index contributed by atoms with van der Waals surface area (Å²) < 4.78 is 5.98. The molecule has 0 amide bonds. The Hall–Kier alpha value is -0.410. The molecule has 27 heavy (non-hydrogen) atoms. The molecule has 1 saturated carbocycles. The molecular formula is C20H37IN4OS. The highest BCUT2D eigenvalue weighted by molar-refractivity contribution is 14.0. The minimum absolute atomic E-state index is 0. The molecule has 1 fully saturated rings. The Balaban J connectivity index is 0.00000364. The molecule has 5 nitrogen and oxygen atoms in total. The summed E-state index contributed by atoms with van der Waals surface area (Å²) in [6.45, 7) is 7.74. The third kappa shape index (κ3) is 11.2. The number of nitrogens with one attached hydrogen (secondary N) is 2. The highest BCUT2D eigenvalue weighted by Crippen LogP contribution is 2.20. The minimum atomic E-state index is 0. The fourth-order valence-electron chi connectivity index (χ4n) is 3.21. The predicted octanol–water partition coefficient (Wildman–Crippen LogP) is 4.69. The SMILES string of the molecule is CCNC(=NCCCCCOC1CCCCC1)NCCc1ncc(C)s1.I. The minimum Gasteiger partial charge on any atom is -0.378 e. The molecule has 1 aromatic rings. The number of rotatable bonds is 11. The zero-order chi connectivity index (χ0) is 18.5. The summed E-state index contributed by atoms with van der Waals surface area (Å²) in [5.74, 6) is 0.916. The van der Waals surface area contributed by atoms with Gasteiger partial charge < -0.3 is 15.4 Å². The van der Waals surface area contributed by atoms with Crippen LogP contribution >= 0.6 is 35.3 Å². The maximum absolute atomic E-state index is 5.98. The molecule has 0 unspecified atom stereocenters. The van der Waals surface area contributed by atoms with Crippen LogP contribution in [0.15, 0.2) is 11.2 Å². The molecule has 2 N–H and O–H groups in total. The van der Waals surface area contributed by atoms with Crippen LogP contribution in [0.25, 0.3) is 0 Å². The van der Waals surface area contributed by atoms with Crippen LogP contribution in [-0.4, -0.2) is 43.3 Å². The van der Waals surface area contributed by atoms with Crippen molar-refractivity contribution in [1.29, 1.82) is 0 Å². The van der Waals surface area contributed by atoms with Crippen LogP contribution in [-0.2, 0) is 11.2 Å². The van der Waals surface area contributed by atoms with Crippen molar-refractivity contribution >= 4 is 41.3 Å². The number of thiazole rings is 1. The molecule has 0 atom stereocenters. The smallest absolute Gasteiger partial charge is 0.191 e. The summed E-state index contributed by atoms with van der Waals surface area (Å²) >= 11 is 1.77. The average Bonchev–Trinajstić information content (AvgIpc) is 3.07. The van der Waals surface area contributed by atoms with E-state index in [1.807, 2.05) is 6.20 Å². The zero-order valence-electron chi connectivity index (χ0n) is 17.0. The van der Waals surface area contributed by atoms with Crippen molar-refractivity contribution in [3.05, 3.63) is 16.1 Å². The first kappa shape index (κ1) is 24.6. The number of unbranched alkanes of at least 4 members (excludes halogenated alkanes) is 2. The molecule has 2 rings (SSSR count). The molecule has 1 aliphatic rings. The molecule has 0 radical (unpaired) electrons. The summed E-state index contributed by atoms with van der Waals surface area (Å²) in [5.41, 5.74) is 0. The fraction of sp³-hybridized carbons (Fsp3) is 0.800. The second kappa shape index (κ2) is 15.5. The Morgan fingerprint density at radius 2 is 2.04 bits per heavy atom. The number of hydrogen-bond acceptors (Lipinski definition) is 4. The van der Waals surface area contributed by atoms with E-state index < -0.39 is 0 Å². The van der Waals surface area contributed by atoms with Crippen molar-refractivity contribution in [3.8, 4) is 0 Å². The van der Waals surface area contributed by atoms with Gasteiger partial charge in [0.25, 0.3) is 0 Å². The Labute approximate surface area is 186 Å². The normalized spacial score (nSPS) is 15.4. The highest BCUT2D eigenvalue weighted by Gasteiger charge is 2.12. The van der Waals surface area contributed by atoms with E-state index in [1.54, 1.807) is 11.3 Å². The number of aromatic nitrogens is 1. The van der Waals surface area contributed by atoms with Gasteiger partial charge in [0.05, 0.1) is 11.1 Å². The van der Waals surface area contributed by atoms with Gasteiger partial charge in [-0.05, 0) is 46.0 Å². The van der Waals surface area contributed by atoms with E-state index in [4.69, 9.17) is 4.74 Å². The van der Waals surface area contributed by atoms with E-state index in [1.165, 1.54) is 48.4 Å². The lowest BCUT2D eigenvalue weighted by atomic mass is 9.98. The second-order valence-electron chi connectivity index (χ2n) is 6.99. The van der Waals surface area contributed by atoms with Crippen molar-refractivity contribution < 1.29 is 4.74 Å². The number of aliphatic imine (C=N–C) groups is 1. The molecule has 0 aromatic carbocycles. The lowest BCUT2D eigenvalue weighted by molar-refractivity contribution is 0.0264. The number of guanidine groups is 1. The van der Waals surface area contributed by atoms with Gasteiger partial charge in [-0.3, -0.25) is 4.99 Å². The maximum Gasteiger partial charge on any atom is 0.191 e. The van der Waals surface area contributed by atoms with Crippen LogP contribution < -0.4 is 10.6 Å². The fourth-order valence-corrected chi connectivity index (χ4v) is 4.00. The molecule has 7 heteroatoms. The molecule has 0 spiro atoms. The van der Waals surface area contributed by atoms with Crippen molar-refractivity contribution in [1.82, 2.24) is 15.6 Å². The zero-order valence-corrected chi connectivity index (χ0v) is 20.1. The molecule has 0 bridgehead atoms. The van der Waals surface area contributed by atoms with Crippen LogP contribution in [0.5, 0.6) is 0 Å². The number of nitrogens with zero attached hydrogens (tertiary/aromatic N) is 2. The molecule has 156 valence electrons. The van der Waals surface area contributed by atoms with Gasteiger partial charge in [0.1, 0.15) is 0 Å². The lowest BCUT2D eigenvalue weighted by Crippen LogP contribution is -2.38. The standard InChI is InChI=1S/C20H36N4OS.HI/c1-3-21-20(23-14-12-19-24-16-17(2)26-19)22-13-8-5-9-15-25-18-10-6-4-7-11-18;/h16,18H,3-15H2,1-2H3,(H2,21,22,23);1H. The highest BCUT2D eigenvalue weighted by atomic mass is 127. The van der Waals surface area contributed by atoms with Gasteiger partial charge in [-0.25, -0.2) is 4.98 Å². The number of halogens is 1. The summed E-state index contributed by atoms with van der Waals surface area (Å²) in [7, 11) is 0.